The zero-order chi connectivity index (χ0) is 39.2. The van der Waals surface area contributed by atoms with Crippen LogP contribution in [-0.2, 0) is 0 Å². The quantitative estimate of drug-likeness (QED) is 0.125. The van der Waals surface area contributed by atoms with Gasteiger partial charge in [-0.05, 0) is 62.1 Å². The predicted octanol–water partition coefficient (Wildman–Crippen LogP) is 12.1. The molecule has 0 N–H and O–H groups in total. The molecular formula is C52H41N7. The molecule has 3 aliphatic rings. The summed E-state index contributed by atoms with van der Waals surface area (Å²) >= 11 is 0. The third kappa shape index (κ3) is 4.85. The maximum atomic E-state index is 5.52. The summed E-state index contributed by atoms with van der Waals surface area (Å²) in [4.78, 5) is 18.3. The van der Waals surface area contributed by atoms with E-state index in [9.17, 15) is 0 Å². The van der Waals surface area contributed by atoms with Gasteiger partial charge >= 0.3 is 0 Å². The van der Waals surface area contributed by atoms with Crippen LogP contribution in [0.5, 0.6) is 0 Å². The van der Waals surface area contributed by atoms with E-state index in [0.29, 0.717) is 17.9 Å². The lowest BCUT2D eigenvalue weighted by Crippen LogP contribution is -2.39. The van der Waals surface area contributed by atoms with Crippen molar-refractivity contribution in [3.05, 3.63) is 187 Å². The van der Waals surface area contributed by atoms with Gasteiger partial charge in [-0.1, -0.05) is 134 Å². The smallest absolute Gasteiger partial charge is 0.239 e. The van der Waals surface area contributed by atoms with Gasteiger partial charge in [-0.2, -0.15) is 4.98 Å². The maximum Gasteiger partial charge on any atom is 0.239 e. The average Bonchev–Trinajstić information content (AvgIpc) is 4.01. The molecule has 9 aromatic rings. The van der Waals surface area contributed by atoms with Gasteiger partial charge in [0.1, 0.15) is 6.33 Å². The van der Waals surface area contributed by atoms with Crippen LogP contribution in [-0.4, -0.2) is 34.7 Å². The van der Waals surface area contributed by atoms with Crippen LogP contribution in [0.2, 0.25) is 0 Å². The van der Waals surface area contributed by atoms with Crippen molar-refractivity contribution in [1.29, 1.82) is 0 Å². The number of anilines is 1. The highest BCUT2D eigenvalue weighted by Crippen LogP contribution is 2.56. The van der Waals surface area contributed by atoms with E-state index in [1.54, 1.807) is 6.33 Å². The van der Waals surface area contributed by atoms with Crippen LogP contribution in [0, 0.1) is 6.92 Å². The SMILES string of the molecule is C=C/C=C\c1c(C)n(-c2ccccc2)c2c1ccc1c3ccccc3n(-c3ncnc(-n4c5c(c6ccccc64)C=CC4c6ccccc6N(C6CC=CCC6)C54)n3)c12. The van der Waals surface area contributed by atoms with Gasteiger partial charge in [-0.3, -0.25) is 9.13 Å². The Balaban J connectivity index is 1.14. The zero-order valence-corrected chi connectivity index (χ0v) is 32.8. The van der Waals surface area contributed by atoms with Gasteiger partial charge in [0.25, 0.3) is 0 Å². The topological polar surface area (TPSA) is 56.7 Å². The molecule has 59 heavy (non-hydrogen) atoms. The molecule has 3 atom stereocenters. The van der Waals surface area contributed by atoms with Crippen molar-refractivity contribution in [2.45, 2.75) is 44.2 Å². The van der Waals surface area contributed by atoms with Crippen molar-refractivity contribution in [3.8, 4) is 17.6 Å². The third-order valence-electron chi connectivity index (χ3n) is 13.0. The number of fused-ring (bicyclic) bond motifs is 12. The summed E-state index contributed by atoms with van der Waals surface area (Å²) in [6, 6.07) is 42.0. The van der Waals surface area contributed by atoms with E-state index in [0.717, 1.165) is 74.4 Å². The number of hydrogen-bond acceptors (Lipinski definition) is 4. The number of benzene rings is 5. The first-order valence-corrected chi connectivity index (χ1v) is 20.7. The van der Waals surface area contributed by atoms with Crippen molar-refractivity contribution >= 4 is 61.5 Å². The van der Waals surface area contributed by atoms with Crippen molar-refractivity contribution in [2.75, 3.05) is 4.90 Å². The highest BCUT2D eigenvalue weighted by Gasteiger charge is 2.46. The van der Waals surface area contributed by atoms with Gasteiger partial charge in [-0.15, -0.1) is 0 Å². The second kappa shape index (κ2) is 13.1. The Kier molecular flexibility index (Phi) is 7.54. The van der Waals surface area contributed by atoms with E-state index in [1.165, 1.54) is 27.9 Å². The highest BCUT2D eigenvalue weighted by atomic mass is 15.3. The van der Waals surface area contributed by atoms with Crippen molar-refractivity contribution in [1.82, 2.24) is 28.7 Å². The normalized spacial score (nSPS) is 18.4. The molecule has 0 spiro atoms. The fraction of sp³-hybridized carbons (Fsp3) is 0.135. The van der Waals surface area contributed by atoms with Gasteiger partial charge in [0, 0.05) is 61.7 Å². The molecule has 0 saturated heterocycles. The molecule has 7 nitrogen and oxygen atoms in total. The minimum absolute atomic E-state index is 0.0866. The van der Waals surface area contributed by atoms with Crippen molar-refractivity contribution in [3.63, 3.8) is 0 Å². The summed E-state index contributed by atoms with van der Waals surface area (Å²) in [6.07, 6.45) is 20.5. The number of aromatic nitrogens is 6. The van der Waals surface area contributed by atoms with E-state index >= 15 is 0 Å². The van der Waals surface area contributed by atoms with Crippen LogP contribution < -0.4 is 4.90 Å². The molecule has 12 rings (SSSR count). The van der Waals surface area contributed by atoms with Crippen LogP contribution in [0.25, 0.3) is 73.3 Å². The van der Waals surface area contributed by atoms with Crippen LogP contribution in [0.4, 0.5) is 5.69 Å². The monoisotopic (exact) mass is 763 g/mol. The summed E-state index contributed by atoms with van der Waals surface area (Å²) < 4.78 is 6.98. The average molecular weight is 764 g/mol. The Bertz CT molecular complexity index is 3260. The van der Waals surface area contributed by atoms with Gasteiger partial charge in [0.15, 0.2) is 0 Å². The zero-order valence-electron chi connectivity index (χ0n) is 32.8. The molecule has 5 aromatic carbocycles. The van der Waals surface area contributed by atoms with Crippen molar-refractivity contribution < 1.29 is 0 Å². The molecule has 3 unspecified atom stereocenters. The number of allylic oxidation sites excluding steroid dienone is 3. The van der Waals surface area contributed by atoms with Crippen molar-refractivity contribution in [2.24, 2.45) is 0 Å². The Morgan fingerprint density at radius 1 is 0.695 bits per heavy atom. The molecule has 284 valence electrons. The molecule has 0 fully saturated rings. The van der Waals surface area contributed by atoms with Gasteiger partial charge in [0.2, 0.25) is 11.9 Å². The standard InChI is InChI=1S/C52H41N7/c1-3-4-21-36-33(2)56(34-17-7-5-8-18-34)47-40(36)28-29-42-38-23-12-15-26-45(38)58(49(42)47)51-53-32-54-52(55-51)59-46-27-16-13-24-39(46)43-31-30-41-37-22-11-14-25-44(37)57(48(41)50(43)59)35-19-9-6-10-20-35/h3-9,11-18,21-32,35,41,48H,1,10,19-20H2,2H3/b21-4-. The lowest BCUT2D eigenvalue weighted by molar-refractivity contribution is 0.473. The lowest BCUT2D eigenvalue weighted by Gasteiger charge is -2.39. The molecule has 0 bridgehead atoms. The minimum Gasteiger partial charge on any atom is -0.358 e. The molecule has 2 aliphatic carbocycles. The molecule has 7 heteroatoms. The van der Waals surface area contributed by atoms with E-state index in [-0.39, 0.29) is 12.0 Å². The number of para-hydroxylation sites is 4. The molecule has 0 amide bonds. The fourth-order valence-electron chi connectivity index (χ4n) is 10.6. The predicted molar refractivity (Wildman–Crippen MR) is 242 cm³/mol. The first kappa shape index (κ1) is 33.8. The summed E-state index contributed by atoms with van der Waals surface area (Å²) in [5.74, 6) is 1.40. The lowest BCUT2D eigenvalue weighted by atomic mass is 9.85. The first-order chi connectivity index (χ1) is 29.2. The molecule has 0 saturated carbocycles. The summed E-state index contributed by atoms with van der Waals surface area (Å²) in [6.45, 7) is 6.18. The van der Waals surface area contributed by atoms with E-state index < -0.39 is 0 Å². The Morgan fingerprint density at radius 2 is 1.41 bits per heavy atom. The molecule has 0 radical (unpaired) electrons. The second-order valence-electron chi connectivity index (χ2n) is 15.9. The molecular weight excluding hydrogens is 723 g/mol. The molecule has 5 heterocycles. The Labute approximate surface area is 342 Å². The molecule has 4 aromatic heterocycles. The fourth-order valence-corrected chi connectivity index (χ4v) is 10.6. The van der Waals surface area contributed by atoms with E-state index in [1.807, 2.05) is 12.2 Å². The summed E-state index contributed by atoms with van der Waals surface area (Å²) in [5.41, 5.74) is 12.9. The summed E-state index contributed by atoms with van der Waals surface area (Å²) in [5, 5.41) is 4.64. The van der Waals surface area contributed by atoms with E-state index in [4.69, 9.17) is 15.0 Å². The maximum absolute atomic E-state index is 5.52. The summed E-state index contributed by atoms with van der Waals surface area (Å²) in [7, 11) is 0. The van der Waals surface area contributed by atoms with Gasteiger partial charge in [0.05, 0.1) is 33.8 Å². The van der Waals surface area contributed by atoms with Crippen LogP contribution in [0.3, 0.4) is 0 Å². The highest BCUT2D eigenvalue weighted by molar-refractivity contribution is 6.19. The first-order valence-electron chi connectivity index (χ1n) is 20.7. The number of hydrogen-bond donors (Lipinski definition) is 0. The number of nitrogens with zero attached hydrogens (tertiary/aromatic N) is 7. The molecule has 1 aliphatic heterocycles. The van der Waals surface area contributed by atoms with Gasteiger partial charge in [-0.25, -0.2) is 9.97 Å². The largest absolute Gasteiger partial charge is 0.358 e. The number of rotatable bonds is 6. The van der Waals surface area contributed by atoms with Crippen LogP contribution in [0.15, 0.2) is 159 Å². The van der Waals surface area contributed by atoms with Crippen LogP contribution >= 0.6 is 0 Å². The Hall–Kier alpha value is -7.25. The Morgan fingerprint density at radius 3 is 2.22 bits per heavy atom. The minimum atomic E-state index is 0.0866. The second-order valence-corrected chi connectivity index (χ2v) is 15.9. The third-order valence-corrected chi connectivity index (χ3v) is 13.0. The van der Waals surface area contributed by atoms with E-state index in [2.05, 4.69) is 178 Å². The van der Waals surface area contributed by atoms with Gasteiger partial charge < -0.3 is 9.47 Å². The van der Waals surface area contributed by atoms with Crippen LogP contribution in [0.1, 0.15) is 59.3 Å².